The average Bonchev–Trinajstić information content (AvgIpc) is 2.20. The number of ether oxygens (including phenoxy) is 1. The lowest BCUT2D eigenvalue weighted by Gasteiger charge is -2.06. The van der Waals surface area contributed by atoms with Gasteiger partial charge in [0.1, 0.15) is 0 Å². The molecule has 0 aliphatic heterocycles. The largest absolute Gasteiger partial charge is 0.399 e. The summed E-state index contributed by atoms with van der Waals surface area (Å²) in [5, 5.41) is 0. The average molecular weight is 272 g/mol. The van der Waals surface area contributed by atoms with Crippen molar-refractivity contribution in [2.45, 2.75) is 32.8 Å². The van der Waals surface area contributed by atoms with Gasteiger partial charge >= 0.3 is 0 Å². The second-order valence-electron chi connectivity index (χ2n) is 3.61. The Labute approximate surface area is 99.9 Å². The summed E-state index contributed by atoms with van der Waals surface area (Å²) < 4.78 is 6.60. The monoisotopic (exact) mass is 271 g/mol. The van der Waals surface area contributed by atoms with Crippen molar-refractivity contribution in [3.63, 3.8) is 0 Å². The minimum atomic E-state index is 0.657. The highest BCUT2D eigenvalue weighted by Gasteiger charge is 1.99. The summed E-state index contributed by atoms with van der Waals surface area (Å²) in [6.07, 6.45) is 3.61. The van der Waals surface area contributed by atoms with Crippen LogP contribution in [0.4, 0.5) is 5.69 Å². The van der Waals surface area contributed by atoms with Crippen molar-refractivity contribution in [3.8, 4) is 0 Å². The van der Waals surface area contributed by atoms with Crippen molar-refractivity contribution in [1.82, 2.24) is 0 Å². The quantitative estimate of drug-likeness (QED) is 0.632. The van der Waals surface area contributed by atoms with Gasteiger partial charge in [-0.2, -0.15) is 0 Å². The minimum Gasteiger partial charge on any atom is -0.399 e. The maximum atomic E-state index is 5.65. The lowest BCUT2D eigenvalue weighted by molar-refractivity contribution is 0.116. The molecule has 1 rings (SSSR count). The van der Waals surface area contributed by atoms with Gasteiger partial charge in [-0.25, -0.2) is 0 Å². The Morgan fingerprint density at radius 3 is 2.80 bits per heavy atom. The molecule has 1 aromatic rings. The van der Waals surface area contributed by atoms with Crippen molar-refractivity contribution in [3.05, 3.63) is 28.2 Å². The van der Waals surface area contributed by atoms with E-state index in [0.717, 1.165) is 28.8 Å². The molecule has 2 nitrogen and oxygen atoms in total. The maximum Gasteiger partial charge on any atom is 0.0727 e. The van der Waals surface area contributed by atoms with E-state index >= 15 is 0 Å². The van der Waals surface area contributed by atoms with Gasteiger partial charge in [-0.15, -0.1) is 0 Å². The van der Waals surface area contributed by atoms with E-state index in [2.05, 4.69) is 22.9 Å². The highest BCUT2D eigenvalue weighted by molar-refractivity contribution is 9.10. The molecule has 0 saturated carbocycles. The lowest BCUT2D eigenvalue weighted by atomic mass is 10.2. The van der Waals surface area contributed by atoms with E-state index in [4.69, 9.17) is 10.5 Å². The van der Waals surface area contributed by atoms with Crippen LogP contribution in [-0.2, 0) is 11.3 Å². The fourth-order valence-electron chi connectivity index (χ4n) is 1.32. The van der Waals surface area contributed by atoms with Crippen LogP contribution >= 0.6 is 15.9 Å². The zero-order valence-electron chi connectivity index (χ0n) is 9.13. The predicted molar refractivity (Wildman–Crippen MR) is 67.7 cm³/mol. The van der Waals surface area contributed by atoms with Crippen molar-refractivity contribution < 1.29 is 4.74 Å². The first-order chi connectivity index (χ1) is 7.24. The molecule has 0 atom stereocenters. The van der Waals surface area contributed by atoms with Crippen LogP contribution in [0.3, 0.4) is 0 Å². The first-order valence-corrected chi connectivity index (χ1v) is 6.15. The molecule has 1 aromatic carbocycles. The molecule has 0 amide bonds. The standard InChI is InChI=1S/C12H18BrNO/c1-2-3-4-7-15-9-10-5-6-11(14)8-12(10)13/h5-6,8H,2-4,7,9,14H2,1H3. The number of hydrogen-bond donors (Lipinski definition) is 1. The van der Waals surface area contributed by atoms with Gasteiger partial charge in [-0.3, -0.25) is 0 Å². The van der Waals surface area contributed by atoms with Crippen LogP contribution < -0.4 is 5.73 Å². The van der Waals surface area contributed by atoms with Gasteiger partial charge in [-0.05, 0) is 24.1 Å². The molecule has 0 fully saturated rings. The molecule has 0 aliphatic carbocycles. The summed E-state index contributed by atoms with van der Waals surface area (Å²) in [6, 6.07) is 5.81. The Kier molecular flexibility index (Phi) is 5.73. The summed E-state index contributed by atoms with van der Waals surface area (Å²) >= 11 is 3.47. The SMILES string of the molecule is CCCCCOCc1ccc(N)cc1Br. The first kappa shape index (κ1) is 12.5. The molecule has 84 valence electrons. The van der Waals surface area contributed by atoms with E-state index in [1.807, 2.05) is 18.2 Å². The zero-order chi connectivity index (χ0) is 11.1. The maximum absolute atomic E-state index is 5.65. The smallest absolute Gasteiger partial charge is 0.0727 e. The predicted octanol–water partition coefficient (Wildman–Crippen LogP) is 3.74. The van der Waals surface area contributed by atoms with Gasteiger partial charge < -0.3 is 10.5 Å². The van der Waals surface area contributed by atoms with Crippen LogP contribution in [-0.4, -0.2) is 6.61 Å². The molecular weight excluding hydrogens is 254 g/mol. The van der Waals surface area contributed by atoms with Gasteiger partial charge in [0.2, 0.25) is 0 Å². The number of anilines is 1. The van der Waals surface area contributed by atoms with E-state index in [1.54, 1.807) is 0 Å². The zero-order valence-corrected chi connectivity index (χ0v) is 10.7. The van der Waals surface area contributed by atoms with Gasteiger partial charge in [0, 0.05) is 16.8 Å². The topological polar surface area (TPSA) is 35.2 Å². The van der Waals surface area contributed by atoms with E-state index in [1.165, 1.54) is 12.8 Å². The molecule has 15 heavy (non-hydrogen) atoms. The number of nitrogen functional groups attached to an aromatic ring is 1. The summed E-state index contributed by atoms with van der Waals surface area (Å²) in [5.74, 6) is 0. The van der Waals surface area contributed by atoms with E-state index < -0.39 is 0 Å². The molecule has 0 aromatic heterocycles. The minimum absolute atomic E-state index is 0.657. The highest BCUT2D eigenvalue weighted by atomic mass is 79.9. The van der Waals surface area contributed by atoms with E-state index in [-0.39, 0.29) is 0 Å². The third-order valence-corrected chi connectivity index (χ3v) is 2.97. The van der Waals surface area contributed by atoms with Crippen molar-refractivity contribution in [2.75, 3.05) is 12.3 Å². The second-order valence-corrected chi connectivity index (χ2v) is 4.46. The molecule has 0 aliphatic rings. The van der Waals surface area contributed by atoms with Crippen LogP contribution in [0.5, 0.6) is 0 Å². The summed E-state index contributed by atoms with van der Waals surface area (Å²) in [7, 11) is 0. The van der Waals surface area contributed by atoms with E-state index in [0.29, 0.717) is 6.61 Å². The molecule has 0 saturated heterocycles. The summed E-state index contributed by atoms with van der Waals surface area (Å²) in [6.45, 7) is 3.69. The molecule has 3 heteroatoms. The number of halogens is 1. The third kappa shape index (κ3) is 4.67. The lowest BCUT2D eigenvalue weighted by Crippen LogP contribution is -1.97. The van der Waals surface area contributed by atoms with Crippen LogP contribution in [0.1, 0.15) is 31.7 Å². The molecule has 0 bridgehead atoms. The number of nitrogens with two attached hydrogens (primary N) is 1. The third-order valence-electron chi connectivity index (χ3n) is 2.23. The number of unbranched alkanes of at least 4 members (excludes halogenated alkanes) is 2. The van der Waals surface area contributed by atoms with Gasteiger partial charge in [0.15, 0.2) is 0 Å². The number of hydrogen-bond acceptors (Lipinski definition) is 2. The highest BCUT2D eigenvalue weighted by Crippen LogP contribution is 2.20. The van der Waals surface area contributed by atoms with Crippen LogP contribution in [0.15, 0.2) is 22.7 Å². The van der Waals surface area contributed by atoms with Crippen LogP contribution in [0.25, 0.3) is 0 Å². The Bertz CT molecular complexity index is 302. The number of rotatable bonds is 6. The fourth-order valence-corrected chi connectivity index (χ4v) is 1.83. The van der Waals surface area contributed by atoms with Crippen molar-refractivity contribution >= 4 is 21.6 Å². The molecule has 2 N–H and O–H groups in total. The molecular formula is C12H18BrNO. The van der Waals surface area contributed by atoms with Crippen LogP contribution in [0, 0.1) is 0 Å². The number of benzene rings is 1. The van der Waals surface area contributed by atoms with Gasteiger partial charge in [0.05, 0.1) is 6.61 Å². The first-order valence-electron chi connectivity index (χ1n) is 5.35. The molecule has 0 unspecified atom stereocenters. The fraction of sp³-hybridized carbons (Fsp3) is 0.500. The normalized spacial score (nSPS) is 10.5. The Morgan fingerprint density at radius 2 is 2.13 bits per heavy atom. The van der Waals surface area contributed by atoms with Gasteiger partial charge in [0.25, 0.3) is 0 Å². The van der Waals surface area contributed by atoms with Gasteiger partial charge in [-0.1, -0.05) is 41.8 Å². The Balaban J connectivity index is 2.31. The molecule has 0 radical (unpaired) electrons. The van der Waals surface area contributed by atoms with Crippen molar-refractivity contribution in [2.24, 2.45) is 0 Å². The Hall–Kier alpha value is -0.540. The van der Waals surface area contributed by atoms with Crippen molar-refractivity contribution in [1.29, 1.82) is 0 Å². The summed E-state index contributed by atoms with van der Waals surface area (Å²) in [5.41, 5.74) is 7.58. The van der Waals surface area contributed by atoms with E-state index in [9.17, 15) is 0 Å². The second kappa shape index (κ2) is 6.85. The van der Waals surface area contributed by atoms with Crippen LogP contribution in [0.2, 0.25) is 0 Å². The molecule has 0 heterocycles. The Morgan fingerprint density at radius 1 is 1.33 bits per heavy atom. The molecule has 0 spiro atoms. The summed E-state index contributed by atoms with van der Waals surface area (Å²) in [4.78, 5) is 0.